The number of carbonyl (C=O) groups excluding carboxylic acids is 1. The quantitative estimate of drug-likeness (QED) is 0.710. The Hall–Kier alpha value is -1.55. The zero-order chi connectivity index (χ0) is 15.7. The third-order valence-corrected chi connectivity index (χ3v) is 3.71. The van der Waals surface area contributed by atoms with E-state index in [-0.39, 0.29) is 11.5 Å². The molecule has 0 saturated carbocycles. The molecule has 1 N–H and O–H groups in total. The van der Waals surface area contributed by atoms with Gasteiger partial charge in [-0.25, -0.2) is 0 Å². The van der Waals surface area contributed by atoms with E-state index in [0.717, 1.165) is 30.7 Å². The summed E-state index contributed by atoms with van der Waals surface area (Å²) in [6, 6.07) is 7.89. The van der Waals surface area contributed by atoms with Crippen molar-refractivity contribution in [1.82, 2.24) is 5.32 Å². The van der Waals surface area contributed by atoms with Crippen LogP contribution in [0.1, 0.15) is 45.6 Å². The molecule has 0 aromatic heterocycles. The number of rotatable bonds is 9. The number of hydrogen-bond donors (Lipinski definition) is 1. The predicted octanol–water partition coefficient (Wildman–Crippen LogP) is 3.25. The highest BCUT2D eigenvalue weighted by atomic mass is 16.5. The maximum Gasteiger partial charge on any atom is 0.308 e. The summed E-state index contributed by atoms with van der Waals surface area (Å²) in [5.74, 6) is 0.647. The molecule has 0 amide bonds. The number of nitrogens with one attached hydrogen (secondary N) is 1. The molecule has 1 rings (SSSR count). The highest BCUT2D eigenvalue weighted by Gasteiger charge is 2.33. The van der Waals surface area contributed by atoms with Crippen LogP contribution in [-0.2, 0) is 15.1 Å². The first-order valence-corrected chi connectivity index (χ1v) is 7.67. The second-order valence-electron chi connectivity index (χ2n) is 5.07. The Kier molecular flexibility index (Phi) is 7.23. The van der Waals surface area contributed by atoms with Gasteiger partial charge < -0.3 is 14.8 Å². The third-order valence-electron chi connectivity index (χ3n) is 3.71. The van der Waals surface area contributed by atoms with Crippen molar-refractivity contribution in [2.24, 2.45) is 0 Å². The lowest BCUT2D eigenvalue weighted by molar-refractivity contribution is -0.145. The fraction of sp³-hybridized carbons (Fsp3) is 0.588. The van der Waals surface area contributed by atoms with Gasteiger partial charge >= 0.3 is 5.97 Å². The molecule has 0 spiro atoms. The smallest absolute Gasteiger partial charge is 0.308 e. The van der Waals surface area contributed by atoms with Crippen molar-refractivity contribution < 1.29 is 14.3 Å². The van der Waals surface area contributed by atoms with Crippen LogP contribution in [0, 0.1) is 0 Å². The van der Waals surface area contributed by atoms with E-state index in [0.29, 0.717) is 13.0 Å². The van der Waals surface area contributed by atoms with E-state index in [4.69, 9.17) is 9.47 Å². The topological polar surface area (TPSA) is 47.6 Å². The van der Waals surface area contributed by atoms with Crippen LogP contribution in [0.2, 0.25) is 0 Å². The van der Waals surface area contributed by atoms with Gasteiger partial charge in [0, 0.05) is 0 Å². The highest BCUT2D eigenvalue weighted by Crippen LogP contribution is 2.30. The SMILES string of the molecule is CCCNC(CC)(CC(=O)OCC)c1ccc(OC)cc1. The Labute approximate surface area is 127 Å². The summed E-state index contributed by atoms with van der Waals surface area (Å²) in [4.78, 5) is 12.0. The van der Waals surface area contributed by atoms with Crippen molar-refractivity contribution in [1.29, 1.82) is 0 Å². The molecular formula is C17H27NO3. The van der Waals surface area contributed by atoms with E-state index in [1.165, 1.54) is 0 Å². The minimum Gasteiger partial charge on any atom is -0.497 e. The number of benzene rings is 1. The van der Waals surface area contributed by atoms with E-state index in [2.05, 4.69) is 19.2 Å². The van der Waals surface area contributed by atoms with E-state index in [1.807, 2.05) is 31.2 Å². The first-order chi connectivity index (χ1) is 10.1. The Morgan fingerprint density at radius 1 is 1.19 bits per heavy atom. The normalized spacial score (nSPS) is 13.5. The molecular weight excluding hydrogens is 266 g/mol. The summed E-state index contributed by atoms with van der Waals surface area (Å²) in [5.41, 5.74) is 0.710. The van der Waals surface area contributed by atoms with E-state index in [9.17, 15) is 4.79 Å². The first kappa shape index (κ1) is 17.5. The van der Waals surface area contributed by atoms with Crippen LogP contribution in [0.5, 0.6) is 5.75 Å². The number of carbonyl (C=O) groups is 1. The molecule has 1 aromatic carbocycles. The molecule has 21 heavy (non-hydrogen) atoms. The first-order valence-electron chi connectivity index (χ1n) is 7.67. The maximum atomic E-state index is 12.0. The van der Waals surface area contributed by atoms with Gasteiger partial charge in [0.05, 0.1) is 25.7 Å². The zero-order valence-electron chi connectivity index (χ0n) is 13.6. The summed E-state index contributed by atoms with van der Waals surface area (Å²) in [5, 5.41) is 3.53. The maximum absolute atomic E-state index is 12.0. The van der Waals surface area contributed by atoms with Crippen LogP contribution in [-0.4, -0.2) is 26.2 Å². The van der Waals surface area contributed by atoms with Crippen molar-refractivity contribution in [2.75, 3.05) is 20.3 Å². The minimum absolute atomic E-state index is 0.168. The predicted molar refractivity (Wildman–Crippen MR) is 84.5 cm³/mol. The van der Waals surface area contributed by atoms with Gasteiger partial charge in [-0.05, 0) is 44.0 Å². The van der Waals surface area contributed by atoms with Crippen molar-refractivity contribution in [3.8, 4) is 5.75 Å². The van der Waals surface area contributed by atoms with Crippen LogP contribution >= 0.6 is 0 Å². The molecule has 0 fully saturated rings. The molecule has 0 bridgehead atoms. The summed E-state index contributed by atoms with van der Waals surface area (Å²) < 4.78 is 10.3. The molecule has 1 unspecified atom stereocenters. The van der Waals surface area contributed by atoms with Gasteiger partial charge in [0.1, 0.15) is 5.75 Å². The Balaban J connectivity index is 3.04. The average Bonchev–Trinajstić information content (AvgIpc) is 2.52. The van der Waals surface area contributed by atoms with Crippen molar-refractivity contribution in [3.05, 3.63) is 29.8 Å². The van der Waals surface area contributed by atoms with Crippen LogP contribution in [0.15, 0.2) is 24.3 Å². The lowest BCUT2D eigenvalue weighted by Gasteiger charge is -2.34. The molecule has 0 aliphatic carbocycles. The zero-order valence-corrected chi connectivity index (χ0v) is 13.6. The van der Waals surface area contributed by atoms with E-state index < -0.39 is 0 Å². The van der Waals surface area contributed by atoms with Crippen molar-refractivity contribution in [2.45, 2.75) is 45.6 Å². The van der Waals surface area contributed by atoms with Gasteiger partial charge in [0.2, 0.25) is 0 Å². The monoisotopic (exact) mass is 293 g/mol. The number of methoxy groups -OCH3 is 1. The van der Waals surface area contributed by atoms with Gasteiger partial charge in [-0.15, -0.1) is 0 Å². The van der Waals surface area contributed by atoms with E-state index >= 15 is 0 Å². The molecule has 0 saturated heterocycles. The highest BCUT2D eigenvalue weighted by molar-refractivity contribution is 5.71. The standard InChI is InChI=1S/C17H27NO3/c1-5-12-18-17(6-2,13-16(19)21-7-3)14-8-10-15(20-4)11-9-14/h8-11,18H,5-7,12-13H2,1-4H3. The van der Waals surface area contributed by atoms with Gasteiger partial charge in [-0.2, -0.15) is 0 Å². The minimum atomic E-state index is -0.380. The van der Waals surface area contributed by atoms with E-state index in [1.54, 1.807) is 7.11 Å². The summed E-state index contributed by atoms with van der Waals surface area (Å²) in [6.07, 6.45) is 2.17. The fourth-order valence-corrected chi connectivity index (χ4v) is 2.45. The Morgan fingerprint density at radius 2 is 1.86 bits per heavy atom. The summed E-state index contributed by atoms with van der Waals surface area (Å²) >= 11 is 0. The second-order valence-corrected chi connectivity index (χ2v) is 5.07. The largest absolute Gasteiger partial charge is 0.497 e. The third kappa shape index (κ3) is 4.74. The molecule has 0 radical (unpaired) electrons. The Morgan fingerprint density at radius 3 is 2.33 bits per heavy atom. The van der Waals surface area contributed by atoms with Crippen LogP contribution in [0.25, 0.3) is 0 Å². The van der Waals surface area contributed by atoms with Gasteiger partial charge in [-0.1, -0.05) is 26.0 Å². The van der Waals surface area contributed by atoms with Crippen LogP contribution < -0.4 is 10.1 Å². The molecule has 0 aliphatic rings. The lowest BCUT2D eigenvalue weighted by atomic mass is 9.83. The molecule has 4 nitrogen and oxygen atoms in total. The van der Waals surface area contributed by atoms with Gasteiger partial charge in [0.15, 0.2) is 0 Å². The average molecular weight is 293 g/mol. The molecule has 0 aliphatic heterocycles. The summed E-state index contributed by atoms with van der Waals surface area (Å²) in [7, 11) is 1.65. The number of ether oxygens (including phenoxy) is 2. The summed E-state index contributed by atoms with van der Waals surface area (Å²) in [6.45, 7) is 7.31. The van der Waals surface area contributed by atoms with Crippen LogP contribution in [0.3, 0.4) is 0 Å². The Bertz CT molecular complexity index is 430. The lowest BCUT2D eigenvalue weighted by Crippen LogP contribution is -2.44. The molecule has 118 valence electrons. The fourth-order valence-electron chi connectivity index (χ4n) is 2.45. The van der Waals surface area contributed by atoms with Gasteiger partial charge in [0.25, 0.3) is 0 Å². The number of hydrogen-bond acceptors (Lipinski definition) is 4. The van der Waals surface area contributed by atoms with Crippen molar-refractivity contribution in [3.63, 3.8) is 0 Å². The van der Waals surface area contributed by atoms with Gasteiger partial charge in [-0.3, -0.25) is 4.79 Å². The van der Waals surface area contributed by atoms with Crippen LogP contribution in [0.4, 0.5) is 0 Å². The molecule has 4 heteroatoms. The molecule has 0 heterocycles. The molecule has 1 aromatic rings. The number of esters is 1. The molecule has 1 atom stereocenters. The van der Waals surface area contributed by atoms with Crippen molar-refractivity contribution >= 4 is 5.97 Å². The second kappa shape index (κ2) is 8.67.